The van der Waals surface area contributed by atoms with Gasteiger partial charge in [0.1, 0.15) is 11.9 Å². The molecular formula is C17H21NO4S. The summed E-state index contributed by atoms with van der Waals surface area (Å²) in [5.41, 5.74) is 1.49. The van der Waals surface area contributed by atoms with Crippen molar-refractivity contribution in [3.05, 3.63) is 54.1 Å². The fourth-order valence-corrected chi connectivity index (χ4v) is 3.09. The lowest BCUT2D eigenvalue weighted by atomic mass is 10.2. The van der Waals surface area contributed by atoms with Crippen LogP contribution in [0.4, 0.5) is 5.69 Å². The molecule has 2 aromatic rings. The topological polar surface area (TPSA) is 64.6 Å². The lowest BCUT2D eigenvalue weighted by Gasteiger charge is -2.14. The Morgan fingerprint density at radius 3 is 2.22 bits per heavy atom. The monoisotopic (exact) mass is 335 g/mol. The third-order valence-electron chi connectivity index (χ3n) is 3.18. The SMILES string of the molecule is COCC(C)Oc1ccc(NS(=O)(=O)c2ccc(C)cc2)cc1. The first-order valence-electron chi connectivity index (χ1n) is 7.26. The maximum Gasteiger partial charge on any atom is 0.261 e. The van der Waals surface area contributed by atoms with Gasteiger partial charge in [-0.25, -0.2) is 8.42 Å². The molecule has 0 amide bonds. The second kappa shape index (κ2) is 7.48. The summed E-state index contributed by atoms with van der Waals surface area (Å²) in [5, 5.41) is 0. The van der Waals surface area contributed by atoms with Crippen LogP contribution >= 0.6 is 0 Å². The van der Waals surface area contributed by atoms with Crippen molar-refractivity contribution in [3.8, 4) is 5.75 Å². The van der Waals surface area contributed by atoms with E-state index in [4.69, 9.17) is 9.47 Å². The summed E-state index contributed by atoms with van der Waals surface area (Å²) >= 11 is 0. The predicted molar refractivity (Wildman–Crippen MR) is 90.4 cm³/mol. The van der Waals surface area contributed by atoms with Gasteiger partial charge in [0.15, 0.2) is 0 Å². The van der Waals surface area contributed by atoms with Crippen LogP contribution in [-0.4, -0.2) is 28.2 Å². The molecule has 124 valence electrons. The summed E-state index contributed by atoms with van der Waals surface area (Å²) in [6, 6.07) is 13.5. The Kier molecular flexibility index (Phi) is 5.63. The van der Waals surface area contributed by atoms with Crippen molar-refractivity contribution in [2.75, 3.05) is 18.4 Å². The van der Waals surface area contributed by atoms with E-state index in [2.05, 4.69) is 4.72 Å². The van der Waals surface area contributed by atoms with Crippen LogP contribution in [0.15, 0.2) is 53.4 Å². The van der Waals surface area contributed by atoms with Gasteiger partial charge in [0, 0.05) is 12.8 Å². The number of sulfonamides is 1. The number of rotatable bonds is 7. The van der Waals surface area contributed by atoms with Crippen molar-refractivity contribution < 1.29 is 17.9 Å². The van der Waals surface area contributed by atoms with Crippen molar-refractivity contribution in [1.29, 1.82) is 0 Å². The van der Waals surface area contributed by atoms with Crippen molar-refractivity contribution in [2.24, 2.45) is 0 Å². The molecule has 0 bridgehead atoms. The summed E-state index contributed by atoms with van der Waals surface area (Å²) in [6.45, 7) is 4.30. The highest BCUT2D eigenvalue weighted by Crippen LogP contribution is 2.20. The Morgan fingerprint density at radius 2 is 1.65 bits per heavy atom. The normalized spacial score (nSPS) is 12.7. The second-order valence-electron chi connectivity index (χ2n) is 5.33. The fourth-order valence-electron chi connectivity index (χ4n) is 2.03. The minimum absolute atomic E-state index is 0.0740. The number of anilines is 1. The van der Waals surface area contributed by atoms with E-state index >= 15 is 0 Å². The molecule has 5 nitrogen and oxygen atoms in total. The van der Waals surface area contributed by atoms with Gasteiger partial charge in [-0.15, -0.1) is 0 Å². The molecule has 1 atom stereocenters. The van der Waals surface area contributed by atoms with Gasteiger partial charge in [0.2, 0.25) is 0 Å². The van der Waals surface area contributed by atoms with Crippen LogP contribution in [-0.2, 0) is 14.8 Å². The van der Waals surface area contributed by atoms with E-state index in [1.54, 1.807) is 55.6 Å². The van der Waals surface area contributed by atoms with E-state index in [1.165, 1.54) is 0 Å². The van der Waals surface area contributed by atoms with Crippen molar-refractivity contribution in [3.63, 3.8) is 0 Å². The molecular weight excluding hydrogens is 314 g/mol. The molecule has 0 spiro atoms. The van der Waals surface area contributed by atoms with Gasteiger partial charge in [-0.3, -0.25) is 4.72 Å². The fraction of sp³-hybridized carbons (Fsp3) is 0.294. The van der Waals surface area contributed by atoms with Gasteiger partial charge < -0.3 is 9.47 Å². The molecule has 0 aromatic heterocycles. The van der Waals surface area contributed by atoms with Crippen molar-refractivity contribution in [1.82, 2.24) is 0 Å². The van der Waals surface area contributed by atoms with Gasteiger partial charge in [0.25, 0.3) is 10.0 Å². The first-order chi connectivity index (χ1) is 10.9. The van der Waals surface area contributed by atoms with E-state index in [0.717, 1.165) is 5.56 Å². The molecule has 2 aromatic carbocycles. The van der Waals surface area contributed by atoms with E-state index < -0.39 is 10.0 Å². The summed E-state index contributed by atoms with van der Waals surface area (Å²) in [7, 11) is -1.97. The molecule has 1 N–H and O–H groups in total. The molecule has 0 fully saturated rings. The van der Waals surface area contributed by atoms with Gasteiger partial charge in [-0.1, -0.05) is 17.7 Å². The van der Waals surface area contributed by atoms with Crippen LogP contribution in [0.1, 0.15) is 12.5 Å². The number of benzene rings is 2. The Hall–Kier alpha value is -2.05. The van der Waals surface area contributed by atoms with Crippen LogP contribution < -0.4 is 9.46 Å². The van der Waals surface area contributed by atoms with Gasteiger partial charge in [-0.2, -0.15) is 0 Å². The first-order valence-corrected chi connectivity index (χ1v) is 8.74. The number of methoxy groups -OCH3 is 1. The van der Waals surface area contributed by atoms with Crippen LogP contribution in [0.25, 0.3) is 0 Å². The zero-order chi connectivity index (χ0) is 16.9. The van der Waals surface area contributed by atoms with Crippen LogP contribution in [0.5, 0.6) is 5.75 Å². The predicted octanol–water partition coefficient (Wildman–Crippen LogP) is 3.21. The standard InChI is InChI=1S/C17H21NO4S/c1-13-4-10-17(11-5-13)23(19,20)18-15-6-8-16(9-7-15)22-14(2)12-21-3/h4-11,14,18H,12H2,1-3H3. The number of aryl methyl sites for hydroxylation is 1. The van der Waals surface area contributed by atoms with Crippen molar-refractivity contribution >= 4 is 15.7 Å². The van der Waals surface area contributed by atoms with E-state index in [9.17, 15) is 8.42 Å². The maximum absolute atomic E-state index is 12.3. The highest BCUT2D eigenvalue weighted by Gasteiger charge is 2.13. The first kappa shape index (κ1) is 17.3. The van der Waals surface area contributed by atoms with Crippen molar-refractivity contribution in [2.45, 2.75) is 24.8 Å². The zero-order valence-electron chi connectivity index (χ0n) is 13.4. The summed E-state index contributed by atoms with van der Waals surface area (Å²) in [5.74, 6) is 0.660. The summed E-state index contributed by atoms with van der Waals surface area (Å²) in [6.07, 6.45) is -0.0740. The molecule has 0 aliphatic heterocycles. The van der Waals surface area contributed by atoms with E-state index in [1.807, 2.05) is 13.8 Å². The average Bonchev–Trinajstić information content (AvgIpc) is 2.50. The second-order valence-corrected chi connectivity index (χ2v) is 7.01. The smallest absolute Gasteiger partial charge is 0.261 e. The van der Waals surface area contributed by atoms with Crippen LogP contribution in [0.2, 0.25) is 0 Å². The number of hydrogen-bond acceptors (Lipinski definition) is 4. The molecule has 0 radical (unpaired) electrons. The van der Waals surface area contributed by atoms with Crippen LogP contribution in [0, 0.1) is 6.92 Å². The van der Waals surface area contributed by atoms with Gasteiger partial charge in [0.05, 0.1) is 11.5 Å². The molecule has 23 heavy (non-hydrogen) atoms. The third-order valence-corrected chi connectivity index (χ3v) is 4.57. The van der Waals surface area contributed by atoms with Gasteiger partial charge >= 0.3 is 0 Å². The highest BCUT2D eigenvalue weighted by molar-refractivity contribution is 7.92. The molecule has 0 aliphatic rings. The Bertz CT molecular complexity index is 724. The zero-order valence-corrected chi connectivity index (χ0v) is 14.3. The lowest BCUT2D eigenvalue weighted by molar-refractivity contribution is 0.0921. The Morgan fingerprint density at radius 1 is 1.04 bits per heavy atom. The minimum Gasteiger partial charge on any atom is -0.488 e. The number of hydrogen-bond donors (Lipinski definition) is 1. The van der Waals surface area contributed by atoms with E-state index in [-0.39, 0.29) is 11.0 Å². The molecule has 0 saturated heterocycles. The Balaban J connectivity index is 2.06. The number of ether oxygens (including phenoxy) is 2. The molecule has 0 saturated carbocycles. The molecule has 2 rings (SSSR count). The largest absolute Gasteiger partial charge is 0.488 e. The average molecular weight is 335 g/mol. The molecule has 0 aliphatic carbocycles. The third kappa shape index (κ3) is 4.97. The molecule has 1 unspecified atom stereocenters. The lowest BCUT2D eigenvalue weighted by Crippen LogP contribution is -2.18. The molecule has 0 heterocycles. The van der Waals surface area contributed by atoms with Crippen LogP contribution in [0.3, 0.4) is 0 Å². The summed E-state index contributed by atoms with van der Waals surface area (Å²) < 4.78 is 37.8. The summed E-state index contributed by atoms with van der Waals surface area (Å²) in [4.78, 5) is 0.233. The quantitative estimate of drug-likeness (QED) is 0.844. The number of nitrogens with one attached hydrogen (secondary N) is 1. The Labute approximate surface area is 137 Å². The van der Waals surface area contributed by atoms with Gasteiger partial charge in [-0.05, 0) is 50.2 Å². The molecule has 6 heteroatoms. The highest BCUT2D eigenvalue weighted by atomic mass is 32.2. The van der Waals surface area contributed by atoms with E-state index in [0.29, 0.717) is 18.0 Å². The minimum atomic E-state index is -3.59. The maximum atomic E-state index is 12.3.